The number of fused-ring (bicyclic) bond motifs is 1. The van der Waals surface area contributed by atoms with Crippen LogP contribution >= 0.6 is 0 Å². The molecule has 0 saturated carbocycles. The minimum absolute atomic E-state index is 0.0330. The van der Waals surface area contributed by atoms with Gasteiger partial charge in [0.1, 0.15) is 6.54 Å². The first-order valence-electron chi connectivity index (χ1n) is 8.51. The molecule has 0 aliphatic carbocycles. The number of hydrogen-bond donors (Lipinski definition) is 1. The van der Waals surface area contributed by atoms with Crippen molar-refractivity contribution in [1.29, 1.82) is 0 Å². The highest BCUT2D eigenvalue weighted by atomic mass is 32.2. The van der Waals surface area contributed by atoms with Crippen molar-refractivity contribution in [3.05, 3.63) is 66.4 Å². The Hall–Kier alpha value is -2.60. The van der Waals surface area contributed by atoms with E-state index in [1.807, 2.05) is 50.2 Å². The lowest BCUT2D eigenvalue weighted by atomic mass is 10.2. The van der Waals surface area contributed by atoms with E-state index in [2.05, 4.69) is 5.32 Å². The molecule has 2 aromatic carbocycles. The SMILES string of the molecule is CC(C)NC(=O)Cn1cc(S(=O)(=O)Cc2ccccc2)c2ccccc21. The maximum atomic E-state index is 13.0. The molecular formula is C20H22N2O3S. The van der Waals surface area contributed by atoms with E-state index in [0.717, 1.165) is 11.1 Å². The van der Waals surface area contributed by atoms with Crippen LogP contribution in [-0.4, -0.2) is 24.9 Å². The highest BCUT2D eigenvalue weighted by Crippen LogP contribution is 2.28. The molecule has 5 nitrogen and oxygen atoms in total. The number of carbonyl (C=O) groups excluding carboxylic acids is 1. The fourth-order valence-electron chi connectivity index (χ4n) is 2.99. The summed E-state index contributed by atoms with van der Waals surface area (Å²) in [6, 6.07) is 16.4. The number of benzene rings is 2. The molecular weight excluding hydrogens is 348 g/mol. The smallest absolute Gasteiger partial charge is 0.240 e. The van der Waals surface area contributed by atoms with E-state index in [1.54, 1.807) is 29.0 Å². The summed E-state index contributed by atoms with van der Waals surface area (Å²) in [6.07, 6.45) is 1.57. The lowest BCUT2D eigenvalue weighted by molar-refractivity contribution is -0.122. The molecule has 0 bridgehead atoms. The lowest BCUT2D eigenvalue weighted by Gasteiger charge is -2.09. The van der Waals surface area contributed by atoms with Gasteiger partial charge in [0.15, 0.2) is 9.84 Å². The van der Waals surface area contributed by atoms with Crippen LogP contribution in [0.4, 0.5) is 0 Å². The summed E-state index contributed by atoms with van der Waals surface area (Å²) >= 11 is 0. The van der Waals surface area contributed by atoms with Gasteiger partial charge in [-0.25, -0.2) is 8.42 Å². The quantitative estimate of drug-likeness (QED) is 0.725. The van der Waals surface area contributed by atoms with E-state index in [4.69, 9.17) is 0 Å². The molecule has 0 radical (unpaired) electrons. The van der Waals surface area contributed by atoms with Crippen LogP contribution in [0.25, 0.3) is 10.9 Å². The van der Waals surface area contributed by atoms with Crippen molar-refractivity contribution in [3.8, 4) is 0 Å². The van der Waals surface area contributed by atoms with Crippen LogP contribution in [0.3, 0.4) is 0 Å². The Kier molecular flexibility index (Phi) is 5.13. The number of amides is 1. The van der Waals surface area contributed by atoms with Gasteiger partial charge in [-0.05, 0) is 25.5 Å². The first-order chi connectivity index (χ1) is 12.4. The van der Waals surface area contributed by atoms with Crippen LogP contribution in [-0.2, 0) is 26.9 Å². The van der Waals surface area contributed by atoms with Gasteiger partial charge in [-0.3, -0.25) is 4.79 Å². The Balaban J connectivity index is 2.00. The predicted molar refractivity (Wildman–Crippen MR) is 103 cm³/mol. The van der Waals surface area contributed by atoms with E-state index in [9.17, 15) is 13.2 Å². The molecule has 1 N–H and O–H groups in total. The maximum Gasteiger partial charge on any atom is 0.240 e. The summed E-state index contributed by atoms with van der Waals surface area (Å²) in [5.74, 6) is -0.215. The molecule has 0 aliphatic heterocycles. The third-order valence-electron chi connectivity index (χ3n) is 4.05. The molecule has 0 atom stereocenters. The Labute approximate surface area is 153 Å². The molecule has 0 spiro atoms. The zero-order valence-electron chi connectivity index (χ0n) is 14.8. The number of nitrogens with zero attached hydrogens (tertiary/aromatic N) is 1. The third kappa shape index (κ3) is 3.96. The molecule has 136 valence electrons. The topological polar surface area (TPSA) is 68.2 Å². The Morgan fingerprint density at radius 2 is 1.69 bits per heavy atom. The molecule has 3 rings (SSSR count). The standard InChI is InChI=1S/C20H22N2O3S/c1-15(2)21-20(23)13-22-12-19(17-10-6-7-11-18(17)22)26(24,25)14-16-8-4-3-5-9-16/h3-12,15H,13-14H2,1-2H3,(H,21,23). The van der Waals surface area contributed by atoms with Crippen molar-refractivity contribution in [2.75, 3.05) is 0 Å². The van der Waals surface area contributed by atoms with Crippen LogP contribution < -0.4 is 5.32 Å². The van der Waals surface area contributed by atoms with Crippen LogP contribution in [0, 0.1) is 0 Å². The number of hydrogen-bond acceptors (Lipinski definition) is 3. The monoisotopic (exact) mass is 370 g/mol. The molecule has 6 heteroatoms. The third-order valence-corrected chi connectivity index (χ3v) is 5.76. The largest absolute Gasteiger partial charge is 0.352 e. The number of aromatic nitrogens is 1. The zero-order valence-corrected chi connectivity index (χ0v) is 15.7. The zero-order chi connectivity index (χ0) is 18.7. The van der Waals surface area contributed by atoms with E-state index in [0.29, 0.717) is 5.39 Å². The Morgan fingerprint density at radius 1 is 1.04 bits per heavy atom. The van der Waals surface area contributed by atoms with E-state index < -0.39 is 9.84 Å². The van der Waals surface area contributed by atoms with Gasteiger partial charge in [0, 0.05) is 23.1 Å². The summed E-state index contributed by atoms with van der Waals surface area (Å²) in [7, 11) is -3.53. The highest BCUT2D eigenvalue weighted by molar-refractivity contribution is 7.90. The van der Waals surface area contributed by atoms with E-state index in [-0.39, 0.29) is 29.1 Å². The summed E-state index contributed by atoms with van der Waals surface area (Å²) in [6.45, 7) is 3.86. The van der Waals surface area contributed by atoms with Crippen molar-refractivity contribution >= 4 is 26.6 Å². The second kappa shape index (κ2) is 7.33. The molecule has 0 aliphatic rings. The highest BCUT2D eigenvalue weighted by Gasteiger charge is 2.22. The lowest BCUT2D eigenvalue weighted by Crippen LogP contribution is -2.32. The molecule has 0 saturated heterocycles. The number of carbonyl (C=O) groups is 1. The van der Waals surface area contributed by atoms with E-state index >= 15 is 0 Å². The Bertz CT molecular complexity index is 1020. The minimum Gasteiger partial charge on any atom is -0.352 e. The molecule has 3 aromatic rings. The van der Waals surface area contributed by atoms with Gasteiger partial charge in [-0.2, -0.15) is 0 Å². The summed E-state index contributed by atoms with van der Waals surface area (Å²) in [4.78, 5) is 12.4. The van der Waals surface area contributed by atoms with Crippen LogP contribution in [0.15, 0.2) is 65.7 Å². The summed E-state index contributed by atoms with van der Waals surface area (Å²) < 4.78 is 27.7. The molecule has 1 heterocycles. The molecule has 1 aromatic heterocycles. The van der Waals surface area contributed by atoms with Gasteiger partial charge < -0.3 is 9.88 Å². The van der Waals surface area contributed by atoms with Gasteiger partial charge in [-0.1, -0.05) is 48.5 Å². The van der Waals surface area contributed by atoms with Gasteiger partial charge in [0.25, 0.3) is 0 Å². The van der Waals surface area contributed by atoms with Crippen molar-refractivity contribution in [3.63, 3.8) is 0 Å². The first kappa shape index (κ1) is 18.2. The van der Waals surface area contributed by atoms with Crippen LogP contribution in [0.5, 0.6) is 0 Å². The van der Waals surface area contributed by atoms with Crippen molar-refractivity contribution in [2.24, 2.45) is 0 Å². The minimum atomic E-state index is -3.53. The normalized spacial score (nSPS) is 11.8. The Morgan fingerprint density at radius 3 is 2.38 bits per heavy atom. The van der Waals surface area contributed by atoms with Gasteiger partial charge in [-0.15, -0.1) is 0 Å². The van der Waals surface area contributed by atoms with Gasteiger partial charge >= 0.3 is 0 Å². The second-order valence-electron chi connectivity index (χ2n) is 6.61. The number of nitrogens with one attached hydrogen (secondary N) is 1. The summed E-state index contributed by atoms with van der Waals surface area (Å²) in [5, 5.41) is 3.47. The molecule has 0 unspecified atom stereocenters. The van der Waals surface area contributed by atoms with Crippen molar-refractivity contribution in [1.82, 2.24) is 9.88 Å². The first-order valence-corrected chi connectivity index (χ1v) is 10.2. The van der Waals surface area contributed by atoms with Gasteiger partial charge in [0.05, 0.1) is 10.6 Å². The maximum absolute atomic E-state index is 13.0. The van der Waals surface area contributed by atoms with Crippen molar-refractivity contribution < 1.29 is 13.2 Å². The van der Waals surface area contributed by atoms with Gasteiger partial charge in [0.2, 0.25) is 5.91 Å². The predicted octanol–water partition coefficient (Wildman–Crippen LogP) is 3.14. The summed E-state index contributed by atoms with van der Waals surface area (Å²) in [5.41, 5.74) is 1.47. The van der Waals surface area contributed by atoms with Crippen LogP contribution in [0.2, 0.25) is 0 Å². The molecule has 0 fully saturated rings. The van der Waals surface area contributed by atoms with Crippen LogP contribution in [0.1, 0.15) is 19.4 Å². The molecule has 1 amide bonds. The molecule has 26 heavy (non-hydrogen) atoms. The fourth-order valence-corrected chi connectivity index (χ4v) is 4.57. The fraction of sp³-hybridized carbons (Fsp3) is 0.250. The number of sulfone groups is 1. The average molecular weight is 370 g/mol. The van der Waals surface area contributed by atoms with E-state index in [1.165, 1.54) is 0 Å². The number of rotatable bonds is 6. The number of para-hydroxylation sites is 1. The average Bonchev–Trinajstić information content (AvgIpc) is 2.94. The van der Waals surface area contributed by atoms with Crippen molar-refractivity contribution in [2.45, 2.75) is 37.1 Å². The second-order valence-corrected chi connectivity index (χ2v) is 8.56.